The zero-order valence-electron chi connectivity index (χ0n) is 16.8. The van der Waals surface area contributed by atoms with Gasteiger partial charge in [-0.05, 0) is 31.2 Å². The van der Waals surface area contributed by atoms with Gasteiger partial charge in [0.2, 0.25) is 5.75 Å². The summed E-state index contributed by atoms with van der Waals surface area (Å²) in [5.41, 5.74) is 4.14. The summed E-state index contributed by atoms with van der Waals surface area (Å²) in [6.45, 7) is 1.76. The van der Waals surface area contributed by atoms with Crippen LogP contribution in [0.25, 0.3) is 0 Å². The van der Waals surface area contributed by atoms with E-state index in [9.17, 15) is 4.79 Å². The molecule has 0 bridgehead atoms. The minimum Gasteiger partial charge on any atom is -0.497 e. The van der Waals surface area contributed by atoms with E-state index in [0.717, 1.165) is 5.56 Å². The Morgan fingerprint density at radius 3 is 1.93 bits per heavy atom. The summed E-state index contributed by atoms with van der Waals surface area (Å²) in [4.78, 5) is 12.5. The molecule has 2 rings (SSSR count). The third-order valence-corrected chi connectivity index (χ3v) is 4.05. The van der Waals surface area contributed by atoms with Gasteiger partial charge in [-0.15, -0.1) is 0 Å². The highest BCUT2D eigenvalue weighted by molar-refractivity contribution is 6.03. The number of nitrogens with zero attached hydrogens (tertiary/aromatic N) is 1. The Kier molecular flexibility index (Phi) is 7.08. The van der Waals surface area contributed by atoms with Gasteiger partial charge in [-0.1, -0.05) is 0 Å². The van der Waals surface area contributed by atoms with Crippen LogP contribution in [-0.4, -0.2) is 47.2 Å². The quantitative estimate of drug-likeness (QED) is 0.553. The molecule has 28 heavy (non-hydrogen) atoms. The van der Waals surface area contributed by atoms with Crippen molar-refractivity contribution in [3.63, 3.8) is 0 Å². The molecule has 0 aliphatic heterocycles. The van der Waals surface area contributed by atoms with Crippen molar-refractivity contribution in [2.45, 2.75) is 6.92 Å². The van der Waals surface area contributed by atoms with Crippen LogP contribution in [0.4, 0.5) is 0 Å². The number of methoxy groups -OCH3 is 5. The number of hydrogen-bond acceptors (Lipinski definition) is 7. The molecule has 0 saturated heterocycles. The number of ether oxygens (including phenoxy) is 5. The lowest BCUT2D eigenvalue weighted by Gasteiger charge is -2.13. The molecule has 0 unspecified atom stereocenters. The molecule has 0 radical (unpaired) electrons. The minimum atomic E-state index is -0.425. The number of nitrogens with one attached hydrogen (secondary N) is 1. The summed E-state index contributed by atoms with van der Waals surface area (Å²) >= 11 is 0. The van der Waals surface area contributed by atoms with Gasteiger partial charge in [0.25, 0.3) is 5.91 Å². The number of hydrogen-bond donors (Lipinski definition) is 1. The number of benzene rings is 2. The predicted molar refractivity (Wildman–Crippen MR) is 105 cm³/mol. The summed E-state index contributed by atoms with van der Waals surface area (Å²) in [6.07, 6.45) is 0. The molecule has 2 aromatic rings. The van der Waals surface area contributed by atoms with Gasteiger partial charge >= 0.3 is 0 Å². The number of carbonyl (C=O) groups is 1. The lowest BCUT2D eigenvalue weighted by molar-refractivity contribution is 0.0954. The molecule has 0 atom stereocenters. The number of carbonyl (C=O) groups excluding carboxylic acids is 1. The van der Waals surface area contributed by atoms with Crippen LogP contribution in [0.3, 0.4) is 0 Å². The fourth-order valence-electron chi connectivity index (χ4n) is 2.57. The van der Waals surface area contributed by atoms with Gasteiger partial charge < -0.3 is 23.7 Å². The maximum atomic E-state index is 12.5. The summed E-state index contributed by atoms with van der Waals surface area (Å²) in [6, 6.07) is 8.44. The van der Waals surface area contributed by atoms with Crippen molar-refractivity contribution in [1.29, 1.82) is 0 Å². The molecular weight excluding hydrogens is 364 g/mol. The molecule has 0 aromatic heterocycles. The maximum Gasteiger partial charge on any atom is 0.271 e. The topological polar surface area (TPSA) is 87.6 Å². The molecule has 8 nitrogen and oxygen atoms in total. The smallest absolute Gasteiger partial charge is 0.271 e. The van der Waals surface area contributed by atoms with Gasteiger partial charge in [0.1, 0.15) is 11.5 Å². The van der Waals surface area contributed by atoms with Crippen molar-refractivity contribution in [3.05, 3.63) is 41.5 Å². The Morgan fingerprint density at radius 1 is 0.821 bits per heavy atom. The van der Waals surface area contributed by atoms with E-state index in [0.29, 0.717) is 40.0 Å². The van der Waals surface area contributed by atoms with Gasteiger partial charge in [0.15, 0.2) is 11.5 Å². The van der Waals surface area contributed by atoms with Crippen LogP contribution >= 0.6 is 0 Å². The monoisotopic (exact) mass is 388 g/mol. The highest BCUT2D eigenvalue weighted by Crippen LogP contribution is 2.38. The van der Waals surface area contributed by atoms with Gasteiger partial charge in [-0.2, -0.15) is 5.10 Å². The summed E-state index contributed by atoms with van der Waals surface area (Å²) in [7, 11) is 7.59. The normalized spacial score (nSPS) is 10.9. The fraction of sp³-hybridized carbons (Fsp3) is 0.300. The summed E-state index contributed by atoms with van der Waals surface area (Å²) in [5.74, 6) is 1.99. The molecule has 0 heterocycles. The van der Waals surface area contributed by atoms with Crippen molar-refractivity contribution in [3.8, 4) is 28.7 Å². The first-order valence-electron chi connectivity index (χ1n) is 8.36. The molecule has 0 spiro atoms. The van der Waals surface area contributed by atoms with Crippen molar-refractivity contribution in [1.82, 2.24) is 5.43 Å². The molecule has 0 aliphatic carbocycles. The predicted octanol–water partition coefficient (Wildman–Crippen LogP) is 2.88. The molecule has 1 N–H and O–H groups in total. The average molecular weight is 388 g/mol. The van der Waals surface area contributed by atoms with Crippen LogP contribution in [-0.2, 0) is 0 Å². The molecule has 8 heteroatoms. The summed E-state index contributed by atoms with van der Waals surface area (Å²) < 4.78 is 26.3. The van der Waals surface area contributed by atoms with Crippen LogP contribution in [0.1, 0.15) is 22.8 Å². The third-order valence-electron chi connectivity index (χ3n) is 4.05. The number of rotatable bonds is 8. The molecule has 1 amide bonds. The third kappa shape index (κ3) is 4.46. The second-order valence-electron chi connectivity index (χ2n) is 5.62. The Hall–Kier alpha value is -3.42. The molecule has 0 aliphatic rings. The van der Waals surface area contributed by atoms with Gasteiger partial charge in [0, 0.05) is 17.2 Å². The van der Waals surface area contributed by atoms with Crippen molar-refractivity contribution in [2.75, 3.05) is 35.5 Å². The first-order valence-corrected chi connectivity index (χ1v) is 8.36. The Balaban J connectivity index is 2.28. The van der Waals surface area contributed by atoms with E-state index in [1.165, 1.54) is 21.3 Å². The standard InChI is InChI=1S/C20H24N2O6/c1-12(15-8-7-14(24-2)11-16(15)25-3)21-22-20(23)13-9-17(26-4)19(28-6)18(10-13)27-5/h7-11H,1-6H3,(H,22,23)/b21-12-. The van der Waals surface area contributed by atoms with E-state index in [4.69, 9.17) is 23.7 Å². The second kappa shape index (κ2) is 9.50. The largest absolute Gasteiger partial charge is 0.497 e. The van der Waals surface area contributed by atoms with E-state index in [1.54, 1.807) is 45.4 Å². The average Bonchev–Trinajstić information content (AvgIpc) is 2.75. The minimum absolute atomic E-state index is 0.313. The Labute approximate surface area is 164 Å². The zero-order chi connectivity index (χ0) is 20.7. The van der Waals surface area contributed by atoms with Crippen LogP contribution in [0.15, 0.2) is 35.4 Å². The van der Waals surface area contributed by atoms with E-state index < -0.39 is 5.91 Å². The van der Waals surface area contributed by atoms with Gasteiger partial charge in [0.05, 0.1) is 41.3 Å². The Bertz CT molecular complexity index is 854. The number of hydrazone groups is 1. The van der Waals surface area contributed by atoms with E-state index in [2.05, 4.69) is 10.5 Å². The van der Waals surface area contributed by atoms with Gasteiger partial charge in [-0.3, -0.25) is 4.79 Å². The lowest BCUT2D eigenvalue weighted by atomic mass is 10.1. The van der Waals surface area contributed by atoms with E-state index in [1.807, 2.05) is 6.07 Å². The maximum absolute atomic E-state index is 12.5. The molecule has 150 valence electrons. The first kappa shape index (κ1) is 20.9. The zero-order valence-corrected chi connectivity index (χ0v) is 16.8. The number of amides is 1. The molecule has 0 saturated carbocycles. The highest BCUT2D eigenvalue weighted by Gasteiger charge is 2.17. The van der Waals surface area contributed by atoms with Crippen molar-refractivity contribution >= 4 is 11.6 Å². The second-order valence-corrected chi connectivity index (χ2v) is 5.62. The SMILES string of the molecule is COc1ccc(/C(C)=N\NC(=O)c2cc(OC)c(OC)c(OC)c2)c(OC)c1. The van der Waals surface area contributed by atoms with Crippen molar-refractivity contribution in [2.24, 2.45) is 5.10 Å². The summed E-state index contributed by atoms with van der Waals surface area (Å²) in [5, 5.41) is 4.17. The highest BCUT2D eigenvalue weighted by atomic mass is 16.5. The van der Waals surface area contributed by atoms with E-state index in [-0.39, 0.29) is 0 Å². The van der Waals surface area contributed by atoms with Gasteiger partial charge in [-0.25, -0.2) is 5.43 Å². The van der Waals surface area contributed by atoms with Crippen LogP contribution < -0.4 is 29.1 Å². The van der Waals surface area contributed by atoms with Crippen LogP contribution in [0.5, 0.6) is 28.7 Å². The molecular formula is C20H24N2O6. The Morgan fingerprint density at radius 2 is 1.43 bits per heavy atom. The van der Waals surface area contributed by atoms with Crippen LogP contribution in [0, 0.1) is 0 Å². The fourth-order valence-corrected chi connectivity index (χ4v) is 2.57. The lowest BCUT2D eigenvalue weighted by Crippen LogP contribution is -2.19. The molecule has 0 fully saturated rings. The van der Waals surface area contributed by atoms with Crippen LogP contribution in [0.2, 0.25) is 0 Å². The van der Waals surface area contributed by atoms with E-state index >= 15 is 0 Å². The van der Waals surface area contributed by atoms with Crippen molar-refractivity contribution < 1.29 is 28.5 Å². The first-order chi connectivity index (χ1) is 13.5. The molecule has 2 aromatic carbocycles.